The van der Waals surface area contributed by atoms with Gasteiger partial charge in [0.2, 0.25) is 10.0 Å². The minimum absolute atomic E-state index is 0.0549. The van der Waals surface area contributed by atoms with Crippen LogP contribution in [0.4, 0.5) is 0 Å². The first-order valence-corrected chi connectivity index (χ1v) is 12.1. The fraction of sp³-hybridized carbons (Fsp3) is 0.160. The fourth-order valence-corrected chi connectivity index (χ4v) is 5.86. The van der Waals surface area contributed by atoms with Gasteiger partial charge in [-0.25, -0.2) is 8.42 Å². The van der Waals surface area contributed by atoms with Crippen LogP contribution in [0, 0.1) is 0 Å². The van der Waals surface area contributed by atoms with Crippen molar-refractivity contribution in [3.8, 4) is 11.3 Å². The van der Waals surface area contributed by atoms with E-state index in [2.05, 4.69) is 5.10 Å². The maximum absolute atomic E-state index is 13.5. The highest BCUT2D eigenvalue weighted by Gasteiger charge is 2.30. The van der Waals surface area contributed by atoms with Gasteiger partial charge in [-0.1, -0.05) is 56.3 Å². The maximum atomic E-state index is 13.5. The van der Waals surface area contributed by atoms with E-state index in [0.29, 0.717) is 46.4 Å². The summed E-state index contributed by atoms with van der Waals surface area (Å²) in [6.45, 7) is 4.21. The topological polar surface area (TPSA) is 89.3 Å². The predicted octanol–water partition coefficient (Wildman–Crippen LogP) is 3.97. The van der Waals surface area contributed by atoms with Gasteiger partial charge in [-0.15, -0.1) is 0 Å². The lowest BCUT2D eigenvalue weighted by atomic mass is 9.87. The Balaban J connectivity index is 1.67. The summed E-state index contributed by atoms with van der Waals surface area (Å²) >= 11 is 0. The van der Waals surface area contributed by atoms with Crippen molar-refractivity contribution in [1.82, 2.24) is 14.1 Å². The van der Waals surface area contributed by atoms with Crippen LogP contribution in [-0.4, -0.2) is 47.3 Å². The van der Waals surface area contributed by atoms with Gasteiger partial charge < -0.3 is 0 Å². The number of carbonyl (C=O) groups excluding carboxylic acids is 2. The summed E-state index contributed by atoms with van der Waals surface area (Å²) in [5.41, 5.74) is 2.99. The van der Waals surface area contributed by atoms with E-state index in [1.54, 1.807) is 56.3 Å². The average Bonchev–Trinajstić information content (AvgIpc) is 3.23. The summed E-state index contributed by atoms with van der Waals surface area (Å²) in [5.74, 6) is -0.574. The third-order valence-corrected chi connectivity index (χ3v) is 8.04. The number of fused-ring (bicyclic) bond motifs is 2. The molecule has 1 aromatic heterocycles. The number of rotatable bonds is 5. The first-order chi connectivity index (χ1) is 15.9. The minimum atomic E-state index is -3.72. The molecule has 8 heteroatoms. The summed E-state index contributed by atoms with van der Waals surface area (Å²) in [6.07, 6.45) is 0. The quantitative estimate of drug-likeness (QED) is 0.397. The zero-order chi connectivity index (χ0) is 23.3. The van der Waals surface area contributed by atoms with Crippen molar-refractivity contribution in [2.45, 2.75) is 18.7 Å². The van der Waals surface area contributed by atoms with Crippen molar-refractivity contribution in [2.75, 3.05) is 13.1 Å². The highest BCUT2D eigenvalue weighted by Crippen LogP contribution is 2.38. The van der Waals surface area contributed by atoms with E-state index in [0.717, 1.165) is 0 Å². The van der Waals surface area contributed by atoms with Crippen LogP contribution in [0.15, 0.2) is 71.6 Å². The van der Waals surface area contributed by atoms with Gasteiger partial charge in [0.1, 0.15) is 5.69 Å². The monoisotopic (exact) mass is 459 g/mol. The molecule has 5 rings (SSSR count). The van der Waals surface area contributed by atoms with Crippen LogP contribution in [0.1, 0.15) is 40.1 Å². The minimum Gasteiger partial charge on any atom is -0.289 e. The molecule has 0 spiro atoms. The maximum Gasteiger partial charge on any atom is 0.278 e. The Morgan fingerprint density at radius 3 is 2.30 bits per heavy atom. The molecule has 4 aromatic rings. The van der Waals surface area contributed by atoms with E-state index >= 15 is 0 Å². The Labute approximate surface area is 191 Å². The van der Waals surface area contributed by atoms with Crippen molar-refractivity contribution in [3.63, 3.8) is 0 Å². The number of hydrogen-bond acceptors (Lipinski definition) is 5. The van der Waals surface area contributed by atoms with Crippen molar-refractivity contribution in [2.24, 2.45) is 0 Å². The standard InChI is InChI=1S/C25H21N3O4S/c1-3-27(4-2)33(31,32)17-10-7-9-16(15-17)25(30)28-21-14-8-13-20-22(21)23(26-28)18-11-5-6-12-19(18)24(20)29/h5-15H,3-4H2,1-2H3. The van der Waals surface area contributed by atoms with Crippen LogP contribution in [0.5, 0.6) is 0 Å². The molecule has 33 heavy (non-hydrogen) atoms. The summed E-state index contributed by atoms with van der Waals surface area (Å²) in [7, 11) is -3.72. The molecule has 1 heterocycles. The average molecular weight is 460 g/mol. The molecular weight excluding hydrogens is 438 g/mol. The molecule has 0 fully saturated rings. The van der Waals surface area contributed by atoms with Gasteiger partial charge in [0, 0.05) is 40.7 Å². The normalized spacial score (nSPS) is 12.9. The third kappa shape index (κ3) is 3.13. The first-order valence-electron chi connectivity index (χ1n) is 10.7. The molecule has 0 atom stereocenters. The highest BCUT2D eigenvalue weighted by molar-refractivity contribution is 7.89. The second-order valence-corrected chi connectivity index (χ2v) is 9.70. The van der Waals surface area contributed by atoms with Gasteiger partial charge in [-0.05, 0) is 24.3 Å². The van der Waals surface area contributed by atoms with Crippen molar-refractivity contribution in [3.05, 3.63) is 83.4 Å². The molecule has 0 aliphatic heterocycles. The van der Waals surface area contributed by atoms with Crippen LogP contribution in [0.25, 0.3) is 22.2 Å². The number of aromatic nitrogens is 2. The van der Waals surface area contributed by atoms with Gasteiger partial charge >= 0.3 is 0 Å². The largest absolute Gasteiger partial charge is 0.289 e. The number of carbonyl (C=O) groups is 2. The molecule has 0 radical (unpaired) electrons. The zero-order valence-corrected chi connectivity index (χ0v) is 19.0. The Bertz CT molecular complexity index is 1550. The molecule has 0 unspecified atom stereocenters. The number of benzene rings is 3. The Morgan fingerprint density at radius 1 is 0.909 bits per heavy atom. The smallest absolute Gasteiger partial charge is 0.278 e. The van der Waals surface area contributed by atoms with Crippen molar-refractivity contribution >= 4 is 32.6 Å². The molecule has 1 aliphatic rings. The van der Waals surface area contributed by atoms with Gasteiger partial charge in [0.05, 0.1) is 10.4 Å². The molecule has 0 saturated carbocycles. The fourth-order valence-electron chi connectivity index (χ4n) is 4.36. The number of hydrogen-bond donors (Lipinski definition) is 0. The van der Waals surface area contributed by atoms with Crippen LogP contribution in [0.3, 0.4) is 0 Å². The number of ketones is 1. The van der Waals surface area contributed by atoms with E-state index in [1.807, 2.05) is 12.1 Å². The number of nitrogens with zero attached hydrogens (tertiary/aromatic N) is 3. The lowest BCUT2D eigenvalue weighted by Crippen LogP contribution is -2.30. The Kier molecular flexibility index (Phi) is 4.99. The highest BCUT2D eigenvalue weighted by atomic mass is 32.2. The van der Waals surface area contributed by atoms with Crippen LogP contribution in [0.2, 0.25) is 0 Å². The van der Waals surface area contributed by atoms with Gasteiger partial charge in [-0.3, -0.25) is 9.59 Å². The second-order valence-electron chi connectivity index (χ2n) is 7.76. The molecule has 0 N–H and O–H groups in total. The van der Waals surface area contributed by atoms with E-state index in [-0.39, 0.29) is 16.2 Å². The SMILES string of the molecule is CCN(CC)S(=O)(=O)c1cccc(C(=O)n2nc3c4c(cccc42)C(=O)c2ccccc2-3)c1. The second kappa shape index (κ2) is 7.75. The summed E-state index contributed by atoms with van der Waals surface area (Å²) in [5, 5.41) is 5.21. The van der Waals surface area contributed by atoms with Gasteiger partial charge in [-0.2, -0.15) is 14.1 Å². The molecular formula is C25H21N3O4S. The Morgan fingerprint density at radius 2 is 1.58 bits per heavy atom. The van der Waals surface area contributed by atoms with Gasteiger partial charge in [0.15, 0.2) is 5.78 Å². The number of sulfonamides is 1. The molecule has 0 amide bonds. The summed E-state index contributed by atoms with van der Waals surface area (Å²) in [6, 6.07) is 18.4. The van der Waals surface area contributed by atoms with E-state index in [1.165, 1.54) is 21.1 Å². The molecule has 1 aliphatic carbocycles. The molecule has 3 aromatic carbocycles. The van der Waals surface area contributed by atoms with Crippen molar-refractivity contribution in [1.29, 1.82) is 0 Å². The van der Waals surface area contributed by atoms with Crippen LogP contribution < -0.4 is 0 Å². The summed E-state index contributed by atoms with van der Waals surface area (Å²) < 4.78 is 28.5. The molecule has 166 valence electrons. The van der Waals surface area contributed by atoms with E-state index in [4.69, 9.17) is 0 Å². The van der Waals surface area contributed by atoms with Gasteiger partial charge in [0.25, 0.3) is 5.91 Å². The first kappa shape index (κ1) is 21.2. The molecule has 0 bridgehead atoms. The Hall–Kier alpha value is -3.62. The van der Waals surface area contributed by atoms with Crippen LogP contribution >= 0.6 is 0 Å². The van der Waals surface area contributed by atoms with E-state index < -0.39 is 15.9 Å². The lowest BCUT2D eigenvalue weighted by Gasteiger charge is -2.18. The van der Waals surface area contributed by atoms with E-state index in [9.17, 15) is 18.0 Å². The molecule has 0 saturated heterocycles. The predicted molar refractivity (Wildman–Crippen MR) is 125 cm³/mol. The summed E-state index contributed by atoms with van der Waals surface area (Å²) in [4.78, 5) is 26.6. The molecule has 7 nitrogen and oxygen atoms in total. The third-order valence-electron chi connectivity index (χ3n) is 6.00. The van der Waals surface area contributed by atoms with Crippen molar-refractivity contribution < 1.29 is 18.0 Å². The van der Waals surface area contributed by atoms with Crippen LogP contribution in [-0.2, 0) is 10.0 Å². The zero-order valence-electron chi connectivity index (χ0n) is 18.1. The lowest BCUT2D eigenvalue weighted by molar-refractivity contribution is 0.0950.